The maximum atomic E-state index is 13.1. The maximum Gasteiger partial charge on any atom is 0.257 e. The molecule has 7 heteroatoms. The summed E-state index contributed by atoms with van der Waals surface area (Å²) < 4.78 is 18.5. The van der Waals surface area contributed by atoms with Gasteiger partial charge in [0.25, 0.3) is 5.91 Å². The number of aromatic nitrogens is 1. The molecule has 0 radical (unpaired) electrons. The van der Waals surface area contributed by atoms with Crippen LogP contribution in [-0.4, -0.2) is 42.1 Å². The number of carbonyl (C=O) groups excluding carboxylic acids is 1. The smallest absolute Gasteiger partial charge is 0.257 e. The number of ether oxygens (including phenoxy) is 1. The minimum absolute atomic E-state index is 0.300. The van der Waals surface area contributed by atoms with Crippen LogP contribution in [0.4, 0.5) is 9.52 Å². The van der Waals surface area contributed by atoms with Gasteiger partial charge in [-0.25, -0.2) is 9.37 Å². The molecule has 0 atom stereocenters. The van der Waals surface area contributed by atoms with Gasteiger partial charge in [-0.05, 0) is 24.3 Å². The highest BCUT2D eigenvalue weighted by molar-refractivity contribution is 7.16. The van der Waals surface area contributed by atoms with Crippen molar-refractivity contribution in [2.75, 3.05) is 31.6 Å². The second-order valence-electron chi connectivity index (χ2n) is 6.51. The van der Waals surface area contributed by atoms with Crippen molar-refractivity contribution < 1.29 is 13.9 Å². The first-order valence-corrected chi connectivity index (χ1v) is 9.93. The number of amides is 1. The molecule has 5 nitrogen and oxygen atoms in total. The van der Waals surface area contributed by atoms with Crippen LogP contribution >= 0.6 is 11.3 Å². The molecule has 0 saturated carbocycles. The van der Waals surface area contributed by atoms with Crippen LogP contribution in [0.3, 0.4) is 0 Å². The minimum Gasteiger partial charge on any atom is -0.379 e. The highest BCUT2D eigenvalue weighted by atomic mass is 32.1. The van der Waals surface area contributed by atoms with E-state index in [4.69, 9.17) is 4.74 Å². The minimum atomic E-state index is -0.370. The topological polar surface area (TPSA) is 54.5 Å². The molecule has 0 unspecified atom stereocenters. The number of carbonyl (C=O) groups is 1. The summed E-state index contributed by atoms with van der Waals surface area (Å²) in [6, 6.07) is 15.4. The van der Waals surface area contributed by atoms with Gasteiger partial charge in [-0.3, -0.25) is 15.0 Å². The van der Waals surface area contributed by atoms with Crippen molar-refractivity contribution in [3.63, 3.8) is 0 Å². The molecule has 144 valence electrons. The zero-order valence-corrected chi connectivity index (χ0v) is 16.0. The summed E-state index contributed by atoms with van der Waals surface area (Å²) in [7, 11) is 0. The average molecular weight is 397 g/mol. The van der Waals surface area contributed by atoms with Gasteiger partial charge in [-0.2, -0.15) is 0 Å². The number of benzene rings is 2. The molecule has 1 aliphatic rings. The number of rotatable bonds is 5. The Hall–Kier alpha value is -2.61. The lowest BCUT2D eigenvalue weighted by Crippen LogP contribution is -2.35. The Morgan fingerprint density at radius 3 is 2.54 bits per heavy atom. The molecule has 2 heterocycles. The zero-order valence-electron chi connectivity index (χ0n) is 15.2. The lowest BCUT2D eigenvalue weighted by Gasteiger charge is -2.26. The summed E-state index contributed by atoms with van der Waals surface area (Å²) in [5, 5.41) is 3.39. The summed E-state index contributed by atoms with van der Waals surface area (Å²) in [4.78, 5) is 20.6. The average Bonchev–Trinajstić information content (AvgIpc) is 3.12. The van der Waals surface area contributed by atoms with Crippen LogP contribution < -0.4 is 5.32 Å². The van der Waals surface area contributed by atoms with Gasteiger partial charge < -0.3 is 4.74 Å². The fourth-order valence-electron chi connectivity index (χ4n) is 3.07. The van der Waals surface area contributed by atoms with Crippen LogP contribution in [0.1, 0.15) is 15.2 Å². The van der Waals surface area contributed by atoms with E-state index in [-0.39, 0.29) is 11.7 Å². The molecule has 0 aliphatic carbocycles. The van der Waals surface area contributed by atoms with Crippen LogP contribution in [0.5, 0.6) is 0 Å². The number of morpholine rings is 1. The maximum absolute atomic E-state index is 13.1. The Morgan fingerprint density at radius 2 is 1.82 bits per heavy atom. The van der Waals surface area contributed by atoms with Gasteiger partial charge in [-0.1, -0.05) is 41.7 Å². The first-order chi connectivity index (χ1) is 13.7. The molecule has 1 fully saturated rings. The monoisotopic (exact) mass is 397 g/mol. The molecule has 1 amide bonds. The van der Waals surface area contributed by atoms with E-state index in [1.807, 2.05) is 30.3 Å². The third kappa shape index (κ3) is 4.44. The Labute approximate surface area is 166 Å². The van der Waals surface area contributed by atoms with Crippen molar-refractivity contribution in [1.82, 2.24) is 9.88 Å². The van der Waals surface area contributed by atoms with Crippen LogP contribution in [0.2, 0.25) is 0 Å². The van der Waals surface area contributed by atoms with E-state index in [9.17, 15) is 9.18 Å². The normalized spacial score (nSPS) is 14.8. The first kappa shape index (κ1) is 18.7. The van der Waals surface area contributed by atoms with Crippen molar-refractivity contribution in [3.05, 3.63) is 70.9 Å². The van der Waals surface area contributed by atoms with E-state index in [2.05, 4.69) is 15.2 Å². The first-order valence-electron chi connectivity index (χ1n) is 9.11. The molecule has 2 aromatic carbocycles. The Bertz CT molecular complexity index is 938. The summed E-state index contributed by atoms with van der Waals surface area (Å²) >= 11 is 1.47. The van der Waals surface area contributed by atoms with E-state index in [0.717, 1.165) is 49.0 Å². The van der Waals surface area contributed by atoms with Crippen LogP contribution in [0, 0.1) is 5.82 Å². The fourth-order valence-corrected chi connectivity index (χ4v) is 4.09. The van der Waals surface area contributed by atoms with Gasteiger partial charge in [0.2, 0.25) is 0 Å². The third-order valence-corrected chi connectivity index (χ3v) is 5.50. The molecule has 1 N–H and O–H groups in total. The summed E-state index contributed by atoms with van der Waals surface area (Å²) in [6.07, 6.45) is 0. The van der Waals surface area contributed by atoms with Crippen molar-refractivity contribution in [2.45, 2.75) is 6.54 Å². The van der Waals surface area contributed by atoms with Crippen molar-refractivity contribution in [2.24, 2.45) is 0 Å². The number of hydrogen-bond acceptors (Lipinski definition) is 5. The number of nitrogens with one attached hydrogen (secondary N) is 1. The molecule has 1 aromatic heterocycles. The number of anilines is 1. The molecule has 3 aromatic rings. The highest BCUT2D eigenvalue weighted by Crippen LogP contribution is 2.32. The highest BCUT2D eigenvalue weighted by Gasteiger charge is 2.19. The second kappa shape index (κ2) is 8.60. The van der Waals surface area contributed by atoms with Crippen LogP contribution in [-0.2, 0) is 11.3 Å². The Kier molecular flexibility index (Phi) is 5.76. The molecular formula is C21H20FN3O2S. The molecule has 0 spiro atoms. The van der Waals surface area contributed by atoms with Gasteiger partial charge in [0, 0.05) is 35.6 Å². The van der Waals surface area contributed by atoms with Crippen LogP contribution in [0.25, 0.3) is 11.3 Å². The lowest BCUT2D eigenvalue weighted by molar-refractivity contribution is 0.0347. The van der Waals surface area contributed by atoms with Gasteiger partial charge in [0.1, 0.15) is 5.82 Å². The van der Waals surface area contributed by atoms with Crippen LogP contribution in [0.15, 0.2) is 54.6 Å². The second-order valence-corrected chi connectivity index (χ2v) is 7.59. The molecule has 4 rings (SSSR count). The van der Waals surface area contributed by atoms with E-state index in [1.165, 1.54) is 35.6 Å². The van der Waals surface area contributed by atoms with E-state index < -0.39 is 0 Å². The molecular weight excluding hydrogens is 377 g/mol. The number of halogens is 1. The van der Waals surface area contributed by atoms with Gasteiger partial charge in [-0.15, -0.1) is 0 Å². The number of nitrogens with zero attached hydrogens (tertiary/aromatic N) is 2. The predicted octanol–water partition coefficient (Wildman–Crippen LogP) is 4.03. The molecule has 1 saturated heterocycles. The third-order valence-electron chi connectivity index (χ3n) is 4.54. The van der Waals surface area contributed by atoms with Gasteiger partial charge in [0.05, 0.1) is 18.9 Å². The summed E-state index contributed by atoms with van der Waals surface area (Å²) in [5.41, 5.74) is 2.29. The van der Waals surface area contributed by atoms with Crippen molar-refractivity contribution >= 4 is 22.4 Å². The van der Waals surface area contributed by atoms with Gasteiger partial charge in [0.15, 0.2) is 5.13 Å². The zero-order chi connectivity index (χ0) is 19.3. The fraction of sp³-hybridized carbons (Fsp3) is 0.238. The standard InChI is InChI=1S/C21H20FN3O2S/c22-17-8-6-16(7-9-17)20(26)24-21-23-19(15-4-2-1-3-5-15)18(28-21)14-25-10-12-27-13-11-25/h1-9H,10-14H2,(H,23,24,26). The van der Waals surface area contributed by atoms with E-state index in [1.54, 1.807) is 0 Å². The summed E-state index contributed by atoms with van der Waals surface area (Å²) in [6.45, 7) is 3.98. The van der Waals surface area contributed by atoms with E-state index >= 15 is 0 Å². The number of thiazole rings is 1. The SMILES string of the molecule is O=C(Nc1nc(-c2ccccc2)c(CN2CCOCC2)s1)c1ccc(F)cc1. The molecule has 0 bridgehead atoms. The van der Waals surface area contributed by atoms with Crippen molar-refractivity contribution in [3.8, 4) is 11.3 Å². The van der Waals surface area contributed by atoms with E-state index in [0.29, 0.717) is 10.7 Å². The quantitative estimate of drug-likeness (QED) is 0.706. The molecule has 1 aliphatic heterocycles. The largest absolute Gasteiger partial charge is 0.379 e. The Balaban J connectivity index is 1.58. The summed E-state index contributed by atoms with van der Waals surface area (Å²) in [5.74, 6) is -0.670. The van der Waals surface area contributed by atoms with Gasteiger partial charge >= 0.3 is 0 Å². The Morgan fingerprint density at radius 1 is 1.11 bits per heavy atom. The number of hydrogen-bond donors (Lipinski definition) is 1. The molecule has 28 heavy (non-hydrogen) atoms. The van der Waals surface area contributed by atoms with Crippen molar-refractivity contribution in [1.29, 1.82) is 0 Å². The lowest BCUT2D eigenvalue weighted by atomic mass is 10.1. The predicted molar refractivity (Wildman–Crippen MR) is 108 cm³/mol.